The first-order valence-corrected chi connectivity index (χ1v) is 12.9. The van der Waals surface area contributed by atoms with E-state index >= 15 is 0 Å². The van der Waals surface area contributed by atoms with Gasteiger partial charge in [-0.15, -0.1) is 5.11 Å². The van der Waals surface area contributed by atoms with E-state index in [4.69, 9.17) is 4.43 Å². The van der Waals surface area contributed by atoms with Gasteiger partial charge in [0.1, 0.15) is 19.3 Å². The van der Waals surface area contributed by atoms with Gasteiger partial charge < -0.3 is 4.43 Å². The maximum atomic E-state index is 12.1. The van der Waals surface area contributed by atoms with Crippen LogP contribution >= 0.6 is 8.07 Å². The van der Waals surface area contributed by atoms with Crippen molar-refractivity contribution in [1.29, 1.82) is 0 Å². The lowest BCUT2D eigenvalue weighted by Crippen LogP contribution is -2.42. The minimum absolute atomic E-state index is 0.0710. The third-order valence-corrected chi connectivity index (χ3v) is 11.6. The Labute approximate surface area is 153 Å². The van der Waals surface area contributed by atoms with Gasteiger partial charge in [-0.3, -0.25) is 4.79 Å². The number of nitrogens with zero attached hydrogens (tertiary/aromatic N) is 4. The molecule has 0 unspecified atom stereocenters. The van der Waals surface area contributed by atoms with E-state index in [1.165, 1.54) is 0 Å². The van der Waals surface area contributed by atoms with Gasteiger partial charge in [-0.2, -0.15) is 10.2 Å². The first-order chi connectivity index (χ1) is 11.2. The predicted molar refractivity (Wildman–Crippen MR) is 106 cm³/mol. The SMILES string of the molecule is CC(=O)N1N=C(C)[C@@H]2N=N/C(=C(\O[Si](C)(C)C(C)(C)C)C(C)(C)C)[P@]21. The molecule has 6 nitrogen and oxygen atoms in total. The molecule has 0 bridgehead atoms. The van der Waals surface area contributed by atoms with Crippen LogP contribution in [0.1, 0.15) is 55.4 Å². The average molecular weight is 383 g/mol. The summed E-state index contributed by atoms with van der Waals surface area (Å²) in [6.45, 7) is 21.0. The molecule has 2 aliphatic rings. The number of rotatable bonds is 2. The van der Waals surface area contributed by atoms with E-state index in [0.717, 1.165) is 16.9 Å². The fourth-order valence-corrected chi connectivity index (χ4v) is 6.09. The number of carbonyl (C=O) groups excluding carboxylic acids is 1. The molecule has 0 aromatic rings. The molecule has 140 valence electrons. The lowest BCUT2D eigenvalue weighted by atomic mass is 9.94. The Hall–Kier alpha value is -1.07. The summed E-state index contributed by atoms with van der Waals surface area (Å²) in [7, 11) is -3.11. The Kier molecular flexibility index (Phi) is 5.08. The van der Waals surface area contributed by atoms with E-state index in [-0.39, 0.29) is 22.1 Å². The summed E-state index contributed by atoms with van der Waals surface area (Å²) in [5.74, 6) is 0.667. The average Bonchev–Trinajstić information content (AvgIpc) is 2.95. The van der Waals surface area contributed by atoms with Crippen LogP contribution in [0.4, 0.5) is 0 Å². The van der Waals surface area contributed by atoms with Gasteiger partial charge in [0.05, 0.1) is 5.71 Å². The first-order valence-electron chi connectivity index (χ1n) is 8.66. The summed E-state index contributed by atoms with van der Waals surface area (Å²) in [6.07, 6.45) is 0. The molecular formula is C17H31N4O2PSi. The molecule has 0 fully saturated rings. The van der Waals surface area contributed by atoms with Crippen LogP contribution in [0.3, 0.4) is 0 Å². The highest BCUT2D eigenvalue weighted by atomic mass is 31.1. The molecule has 2 aliphatic heterocycles. The lowest BCUT2D eigenvalue weighted by molar-refractivity contribution is -0.124. The molecular weight excluding hydrogens is 351 g/mol. The molecule has 1 amide bonds. The first kappa shape index (κ1) is 20.2. The van der Waals surface area contributed by atoms with Crippen molar-refractivity contribution in [1.82, 2.24) is 4.78 Å². The Morgan fingerprint density at radius 3 is 2.20 bits per heavy atom. The van der Waals surface area contributed by atoms with E-state index in [2.05, 4.69) is 70.0 Å². The second kappa shape index (κ2) is 6.27. The topological polar surface area (TPSA) is 66.6 Å². The van der Waals surface area contributed by atoms with Crippen molar-refractivity contribution in [2.45, 2.75) is 79.3 Å². The summed E-state index contributed by atoms with van der Waals surface area (Å²) in [5, 5.41) is 13.4. The minimum atomic E-state index is -2.05. The maximum Gasteiger partial charge on any atom is 0.250 e. The summed E-state index contributed by atoms with van der Waals surface area (Å²) < 4.78 is 8.29. The van der Waals surface area contributed by atoms with Crippen molar-refractivity contribution in [3.05, 3.63) is 11.2 Å². The molecule has 0 N–H and O–H groups in total. The number of allylic oxidation sites excluding steroid dienone is 1. The quantitative estimate of drug-likeness (QED) is 0.352. The van der Waals surface area contributed by atoms with Crippen LogP contribution in [0, 0.1) is 5.41 Å². The summed E-state index contributed by atoms with van der Waals surface area (Å²) in [4.78, 5) is 12.1. The smallest absolute Gasteiger partial charge is 0.250 e. The van der Waals surface area contributed by atoms with Gasteiger partial charge >= 0.3 is 0 Å². The Morgan fingerprint density at radius 2 is 1.76 bits per heavy atom. The van der Waals surface area contributed by atoms with Crippen LogP contribution in [0.25, 0.3) is 0 Å². The summed E-state index contributed by atoms with van der Waals surface area (Å²) >= 11 is 0. The third kappa shape index (κ3) is 3.72. The van der Waals surface area contributed by atoms with E-state index in [9.17, 15) is 4.79 Å². The van der Waals surface area contributed by atoms with Gasteiger partial charge in [-0.1, -0.05) is 41.5 Å². The van der Waals surface area contributed by atoms with Gasteiger partial charge in [-0.05, 0) is 25.1 Å². The van der Waals surface area contributed by atoms with Crippen LogP contribution in [0.15, 0.2) is 26.5 Å². The van der Waals surface area contributed by atoms with Gasteiger partial charge in [0.15, 0.2) is 5.78 Å². The minimum Gasteiger partial charge on any atom is -0.544 e. The normalized spacial score (nSPS) is 25.8. The van der Waals surface area contributed by atoms with Crippen molar-refractivity contribution < 1.29 is 9.22 Å². The predicted octanol–water partition coefficient (Wildman–Crippen LogP) is 5.65. The number of amides is 1. The van der Waals surface area contributed by atoms with E-state index in [1.54, 1.807) is 11.7 Å². The summed E-state index contributed by atoms with van der Waals surface area (Å²) in [6, 6.07) is 0. The number of hydrazone groups is 1. The van der Waals surface area contributed by atoms with Crippen molar-refractivity contribution in [3.8, 4) is 0 Å². The van der Waals surface area contributed by atoms with Crippen molar-refractivity contribution >= 4 is 28.0 Å². The highest BCUT2D eigenvalue weighted by Crippen LogP contribution is 2.64. The van der Waals surface area contributed by atoms with Gasteiger partial charge in [0.25, 0.3) is 0 Å². The summed E-state index contributed by atoms with van der Waals surface area (Å²) in [5.41, 5.74) is 1.44. The molecule has 8 heteroatoms. The zero-order chi connectivity index (χ0) is 19.4. The van der Waals surface area contributed by atoms with Gasteiger partial charge in [0.2, 0.25) is 14.2 Å². The Balaban J connectivity index is 2.55. The zero-order valence-electron chi connectivity index (χ0n) is 17.1. The zero-order valence-corrected chi connectivity index (χ0v) is 19.0. The monoisotopic (exact) mass is 382 g/mol. The van der Waals surface area contributed by atoms with Gasteiger partial charge in [-0.25, -0.2) is 4.78 Å². The molecule has 0 radical (unpaired) electrons. The number of hydrogen-bond acceptors (Lipinski definition) is 5. The second-order valence-electron chi connectivity index (χ2n) is 9.25. The maximum absolute atomic E-state index is 12.1. The molecule has 0 spiro atoms. The highest BCUT2D eigenvalue weighted by molar-refractivity contribution is 7.62. The highest BCUT2D eigenvalue weighted by Gasteiger charge is 2.49. The van der Waals surface area contributed by atoms with Crippen molar-refractivity contribution in [2.24, 2.45) is 20.7 Å². The van der Waals surface area contributed by atoms with E-state index in [0.29, 0.717) is 0 Å². The van der Waals surface area contributed by atoms with Crippen LogP contribution in [-0.2, 0) is 9.22 Å². The fourth-order valence-electron chi connectivity index (χ4n) is 2.34. The molecule has 2 atom stereocenters. The van der Waals surface area contributed by atoms with Crippen LogP contribution < -0.4 is 0 Å². The van der Waals surface area contributed by atoms with E-state index in [1.807, 2.05) is 6.92 Å². The molecule has 25 heavy (non-hydrogen) atoms. The molecule has 0 saturated carbocycles. The molecule has 0 aromatic heterocycles. The Morgan fingerprint density at radius 1 is 1.20 bits per heavy atom. The van der Waals surface area contributed by atoms with Crippen molar-refractivity contribution in [2.75, 3.05) is 0 Å². The largest absolute Gasteiger partial charge is 0.544 e. The van der Waals surface area contributed by atoms with Crippen LogP contribution in [0.5, 0.6) is 0 Å². The Bertz CT molecular complexity index is 671. The lowest BCUT2D eigenvalue weighted by Gasteiger charge is -2.41. The number of fused-ring (bicyclic) bond motifs is 1. The standard InChI is InChI=1S/C17H31N4O2PSi/c1-11-14-18-19-15(24(14)21(20-11)12(2)22)13(16(3,4)5)23-25(9,10)17(6,7)8/h14H,1-10H3/b15-13+/t14-,24+/m1/s1. The van der Waals surface area contributed by atoms with Gasteiger partial charge in [0, 0.05) is 12.3 Å². The number of carbonyl (C=O) groups is 1. The fraction of sp³-hybridized carbons (Fsp3) is 0.765. The molecule has 0 saturated heterocycles. The van der Waals surface area contributed by atoms with Crippen LogP contribution in [0.2, 0.25) is 18.1 Å². The third-order valence-electron chi connectivity index (χ3n) is 4.87. The molecule has 0 aromatic carbocycles. The van der Waals surface area contributed by atoms with E-state index < -0.39 is 16.4 Å². The van der Waals surface area contributed by atoms with Crippen molar-refractivity contribution in [3.63, 3.8) is 0 Å². The number of azo groups is 1. The molecule has 0 aliphatic carbocycles. The number of hydrogen-bond donors (Lipinski definition) is 0. The molecule has 2 rings (SSSR count). The molecule has 2 heterocycles. The second-order valence-corrected chi connectivity index (χ2v) is 16.0. The van der Waals surface area contributed by atoms with Crippen LogP contribution in [-0.4, -0.2) is 30.5 Å².